The fourth-order valence-electron chi connectivity index (χ4n) is 4.58. The Balaban J connectivity index is 1.63. The molecule has 0 radical (unpaired) electrons. The van der Waals surface area contributed by atoms with Crippen molar-refractivity contribution >= 4 is 5.91 Å². The average Bonchev–Trinajstić information content (AvgIpc) is 2.66. The summed E-state index contributed by atoms with van der Waals surface area (Å²) in [5, 5.41) is 3.47. The van der Waals surface area contributed by atoms with Crippen molar-refractivity contribution < 1.29 is 4.79 Å². The van der Waals surface area contributed by atoms with Gasteiger partial charge in [0.25, 0.3) is 0 Å². The van der Waals surface area contributed by atoms with E-state index in [1.165, 1.54) is 12.0 Å². The van der Waals surface area contributed by atoms with Gasteiger partial charge in [-0.15, -0.1) is 0 Å². The minimum absolute atomic E-state index is 0.210. The normalized spacial score (nSPS) is 27.2. The molecule has 144 valence electrons. The van der Waals surface area contributed by atoms with Gasteiger partial charge in [0.05, 0.1) is 0 Å². The van der Waals surface area contributed by atoms with Gasteiger partial charge in [-0.3, -0.25) is 9.69 Å². The van der Waals surface area contributed by atoms with Gasteiger partial charge < -0.3 is 10.2 Å². The lowest BCUT2D eigenvalue weighted by molar-refractivity contribution is -0.140. The second kappa shape index (κ2) is 9.52. The van der Waals surface area contributed by atoms with Crippen molar-refractivity contribution in [2.45, 2.75) is 64.6 Å². The first-order valence-corrected chi connectivity index (χ1v) is 10.5. The average molecular weight is 358 g/mol. The Morgan fingerprint density at radius 1 is 1.27 bits per heavy atom. The van der Waals surface area contributed by atoms with E-state index in [4.69, 9.17) is 0 Å². The Bertz CT molecular complexity index is 562. The predicted octanol–water partition coefficient (Wildman–Crippen LogP) is 3.28. The van der Waals surface area contributed by atoms with Crippen molar-refractivity contribution in [1.29, 1.82) is 0 Å². The van der Waals surface area contributed by atoms with Crippen molar-refractivity contribution in [1.82, 2.24) is 15.1 Å². The van der Waals surface area contributed by atoms with Gasteiger partial charge in [-0.05, 0) is 57.7 Å². The van der Waals surface area contributed by atoms with Crippen molar-refractivity contribution in [2.75, 3.05) is 26.2 Å². The number of hydrogen-bond acceptors (Lipinski definition) is 3. The van der Waals surface area contributed by atoms with Crippen LogP contribution in [0, 0.1) is 5.92 Å². The summed E-state index contributed by atoms with van der Waals surface area (Å²) >= 11 is 0. The highest BCUT2D eigenvalue weighted by Crippen LogP contribution is 2.24. The van der Waals surface area contributed by atoms with Crippen LogP contribution in [0.1, 0.15) is 51.5 Å². The highest BCUT2D eigenvalue weighted by Gasteiger charge is 2.33. The molecule has 3 rings (SSSR count). The summed E-state index contributed by atoms with van der Waals surface area (Å²) in [6.45, 7) is 9.42. The minimum Gasteiger partial charge on any atom is -0.338 e. The smallest absolute Gasteiger partial charge is 0.226 e. The predicted molar refractivity (Wildman–Crippen MR) is 107 cm³/mol. The zero-order chi connectivity index (χ0) is 18.4. The van der Waals surface area contributed by atoms with Gasteiger partial charge in [-0.1, -0.05) is 37.3 Å². The molecule has 0 saturated carbocycles. The summed E-state index contributed by atoms with van der Waals surface area (Å²) in [7, 11) is 0. The molecule has 2 aliphatic rings. The van der Waals surface area contributed by atoms with Gasteiger partial charge in [-0.2, -0.15) is 0 Å². The first kappa shape index (κ1) is 19.4. The highest BCUT2D eigenvalue weighted by atomic mass is 16.2. The minimum atomic E-state index is 0.210. The van der Waals surface area contributed by atoms with E-state index < -0.39 is 0 Å². The molecule has 2 fully saturated rings. The number of likely N-dealkylation sites (tertiary alicyclic amines) is 1. The fourth-order valence-corrected chi connectivity index (χ4v) is 4.58. The number of carbonyl (C=O) groups is 1. The van der Waals surface area contributed by atoms with E-state index in [1.54, 1.807) is 0 Å². The summed E-state index contributed by atoms with van der Waals surface area (Å²) in [4.78, 5) is 18.0. The van der Waals surface area contributed by atoms with Crippen LogP contribution < -0.4 is 5.32 Å². The Labute approximate surface area is 158 Å². The largest absolute Gasteiger partial charge is 0.338 e. The number of benzene rings is 1. The Hall–Kier alpha value is -1.39. The first-order valence-electron chi connectivity index (χ1n) is 10.5. The van der Waals surface area contributed by atoms with Crippen molar-refractivity contribution in [3.8, 4) is 0 Å². The van der Waals surface area contributed by atoms with Gasteiger partial charge >= 0.3 is 0 Å². The molecular formula is C22H35N3O. The third kappa shape index (κ3) is 5.08. The van der Waals surface area contributed by atoms with E-state index >= 15 is 0 Å². The molecule has 4 nitrogen and oxygen atoms in total. The SMILES string of the molecule is CCCN(C(=O)[C@H]1CCN[C@@H](C)C1)C1CCCN(Cc2ccccc2)C1. The highest BCUT2D eigenvalue weighted by molar-refractivity contribution is 5.79. The van der Waals surface area contributed by atoms with Gasteiger partial charge in [0.2, 0.25) is 5.91 Å². The van der Waals surface area contributed by atoms with E-state index in [0.29, 0.717) is 18.0 Å². The fraction of sp³-hybridized carbons (Fsp3) is 0.682. The van der Waals surface area contributed by atoms with E-state index in [2.05, 4.69) is 59.3 Å². The number of nitrogens with one attached hydrogen (secondary N) is 1. The lowest BCUT2D eigenvalue weighted by Gasteiger charge is -2.41. The molecular weight excluding hydrogens is 322 g/mol. The van der Waals surface area contributed by atoms with Crippen LogP contribution >= 0.6 is 0 Å². The molecule has 1 amide bonds. The van der Waals surface area contributed by atoms with E-state index in [0.717, 1.165) is 58.4 Å². The molecule has 1 N–H and O–H groups in total. The number of rotatable bonds is 6. The summed E-state index contributed by atoms with van der Waals surface area (Å²) < 4.78 is 0. The molecule has 3 atom stereocenters. The zero-order valence-electron chi connectivity index (χ0n) is 16.5. The van der Waals surface area contributed by atoms with Gasteiger partial charge in [0.1, 0.15) is 0 Å². The van der Waals surface area contributed by atoms with Crippen LogP contribution in [0.4, 0.5) is 0 Å². The third-order valence-electron chi connectivity index (χ3n) is 5.89. The van der Waals surface area contributed by atoms with Crippen LogP contribution in [0.2, 0.25) is 0 Å². The summed E-state index contributed by atoms with van der Waals surface area (Å²) in [5.41, 5.74) is 1.37. The molecule has 2 heterocycles. The van der Waals surface area contributed by atoms with Crippen LogP contribution in [0.15, 0.2) is 30.3 Å². The van der Waals surface area contributed by atoms with Crippen molar-refractivity contribution in [3.05, 3.63) is 35.9 Å². The second-order valence-electron chi connectivity index (χ2n) is 8.12. The number of amides is 1. The maximum Gasteiger partial charge on any atom is 0.226 e. The van der Waals surface area contributed by atoms with Gasteiger partial charge in [0.15, 0.2) is 0 Å². The first-order chi connectivity index (χ1) is 12.7. The molecule has 0 aromatic heterocycles. The van der Waals surface area contributed by atoms with E-state index in [9.17, 15) is 4.79 Å². The molecule has 0 spiro atoms. The topological polar surface area (TPSA) is 35.6 Å². The van der Waals surface area contributed by atoms with E-state index in [1.807, 2.05) is 0 Å². The third-order valence-corrected chi connectivity index (χ3v) is 5.89. The summed E-state index contributed by atoms with van der Waals surface area (Å²) in [6.07, 6.45) is 5.36. The molecule has 26 heavy (non-hydrogen) atoms. The van der Waals surface area contributed by atoms with Crippen LogP contribution in [0.5, 0.6) is 0 Å². The van der Waals surface area contributed by atoms with Crippen molar-refractivity contribution in [3.63, 3.8) is 0 Å². The monoisotopic (exact) mass is 357 g/mol. The molecule has 0 bridgehead atoms. The zero-order valence-corrected chi connectivity index (χ0v) is 16.5. The molecule has 2 aliphatic heterocycles. The number of nitrogens with zero attached hydrogens (tertiary/aromatic N) is 2. The molecule has 1 unspecified atom stereocenters. The Kier molecular flexibility index (Phi) is 7.09. The van der Waals surface area contributed by atoms with Crippen LogP contribution in [-0.4, -0.2) is 54.0 Å². The van der Waals surface area contributed by atoms with Gasteiger partial charge in [-0.25, -0.2) is 0 Å². The lowest BCUT2D eigenvalue weighted by atomic mass is 9.90. The quantitative estimate of drug-likeness (QED) is 0.849. The summed E-state index contributed by atoms with van der Waals surface area (Å²) in [6, 6.07) is 11.5. The lowest BCUT2D eigenvalue weighted by Crippen LogP contribution is -2.53. The molecule has 2 saturated heterocycles. The molecule has 1 aromatic rings. The van der Waals surface area contributed by atoms with Crippen LogP contribution in [-0.2, 0) is 11.3 Å². The second-order valence-corrected chi connectivity index (χ2v) is 8.12. The Morgan fingerprint density at radius 3 is 2.81 bits per heavy atom. The number of carbonyl (C=O) groups excluding carboxylic acids is 1. The molecule has 1 aromatic carbocycles. The van der Waals surface area contributed by atoms with Crippen LogP contribution in [0.3, 0.4) is 0 Å². The number of piperidine rings is 2. The maximum absolute atomic E-state index is 13.3. The van der Waals surface area contributed by atoms with Crippen molar-refractivity contribution in [2.24, 2.45) is 5.92 Å². The maximum atomic E-state index is 13.3. The van der Waals surface area contributed by atoms with Crippen LogP contribution in [0.25, 0.3) is 0 Å². The molecule has 0 aliphatic carbocycles. The Morgan fingerprint density at radius 2 is 2.08 bits per heavy atom. The van der Waals surface area contributed by atoms with Gasteiger partial charge in [0, 0.05) is 37.6 Å². The van der Waals surface area contributed by atoms with E-state index in [-0.39, 0.29) is 5.92 Å². The molecule has 4 heteroatoms. The standard InChI is InChI=1S/C22H35N3O/c1-3-13-25(22(26)20-11-12-23-18(2)15-20)21-10-7-14-24(17-21)16-19-8-5-4-6-9-19/h4-6,8-9,18,20-21,23H,3,7,10-17H2,1-2H3/t18-,20-,21?/m0/s1. The number of hydrogen-bond donors (Lipinski definition) is 1. The summed E-state index contributed by atoms with van der Waals surface area (Å²) in [5.74, 6) is 0.620.